The molecule has 0 fully saturated rings. The van der Waals surface area contributed by atoms with E-state index in [2.05, 4.69) is 90.5 Å². The van der Waals surface area contributed by atoms with Gasteiger partial charge < -0.3 is 5.32 Å². The molecule has 1 nitrogen and oxygen atoms in total. The first-order chi connectivity index (χ1) is 9.60. The second-order valence-electron chi connectivity index (χ2n) is 5.44. The first kappa shape index (κ1) is 15.1. The molecule has 0 saturated carbocycles. The number of hydrogen-bond donors (Lipinski definition) is 1. The summed E-state index contributed by atoms with van der Waals surface area (Å²) >= 11 is 3.55. The number of halogens is 1. The Morgan fingerprint density at radius 3 is 2.35 bits per heavy atom. The average molecular weight is 332 g/mol. The Morgan fingerprint density at radius 1 is 1.00 bits per heavy atom. The van der Waals surface area contributed by atoms with E-state index in [0.717, 1.165) is 10.9 Å². The zero-order valence-corrected chi connectivity index (χ0v) is 13.9. The number of rotatable bonds is 5. The van der Waals surface area contributed by atoms with Crippen molar-refractivity contribution in [2.24, 2.45) is 0 Å². The lowest BCUT2D eigenvalue weighted by molar-refractivity contribution is 0.748. The maximum absolute atomic E-state index is 3.65. The van der Waals surface area contributed by atoms with E-state index in [1.165, 1.54) is 16.8 Å². The summed E-state index contributed by atoms with van der Waals surface area (Å²) < 4.78 is 1.13. The van der Waals surface area contributed by atoms with Gasteiger partial charge in [-0.15, -0.1) is 0 Å². The molecule has 0 radical (unpaired) electrons. The van der Waals surface area contributed by atoms with Crippen LogP contribution in [0.25, 0.3) is 0 Å². The average Bonchev–Trinajstić information content (AvgIpc) is 2.45. The predicted molar refractivity (Wildman–Crippen MR) is 91.3 cm³/mol. The quantitative estimate of drug-likeness (QED) is 0.694. The first-order valence-corrected chi connectivity index (χ1v) is 8.01. The third kappa shape index (κ3) is 3.86. The van der Waals surface area contributed by atoms with E-state index in [1.807, 2.05) is 0 Å². The Kier molecular flexibility index (Phi) is 5.24. The van der Waals surface area contributed by atoms with E-state index in [-0.39, 0.29) is 0 Å². The molecule has 0 amide bonds. The van der Waals surface area contributed by atoms with E-state index in [0.29, 0.717) is 12.0 Å². The van der Waals surface area contributed by atoms with Crippen LogP contribution in [0.15, 0.2) is 53.0 Å². The van der Waals surface area contributed by atoms with E-state index >= 15 is 0 Å². The van der Waals surface area contributed by atoms with E-state index in [9.17, 15) is 0 Å². The first-order valence-electron chi connectivity index (χ1n) is 7.22. The Labute approximate surface area is 130 Å². The van der Waals surface area contributed by atoms with Crippen LogP contribution in [0, 0.1) is 0 Å². The van der Waals surface area contributed by atoms with Crippen LogP contribution in [-0.4, -0.2) is 0 Å². The van der Waals surface area contributed by atoms with Gasteiger partial charge in [0.05, 0.1) is 6.04 Å². The largest absolute Gasteiger partial charge is 0.378 e. The number of nitrogens with one attached hydrogen (secondary N) is 1. The van der Waals surface area contributed by atoms with E-state index in [4.69, 9.17) is 0 Å². The molecule has 0 aromatic heterocycles. The van der Waals surface area contributed by atoms with Crippen molar-refractivity contribution < 1.29 is 0 Å². The number of anilines is 1. The Balaban J connectivity index is 2.20. The molecule has 2 heteroatoms. The zero-order chi connectivity index (χ0) is 14.5. The minimum absolute atomic E-state index is 0.343. The number of benzene rings is 2. The van der Waals surface area contributed by atoms with Gasteiger partial charge in [-0.1, -0.05) is 61.0 Å². The third-order valence-electron chi connectivity index (χ3n) is 3.55. The summed E-state index contributed by atoms with van der Waals surface area (Å²) in [7, 11) is 0. The topological polar surface area (TPSA) is 12.0 Å². The summed E-state index contributed by atoms with van der Waals surface area (Å²) in [6.07, 6.45) is 1.06. The molecule has 0 heterocycles. The molecule has 0 aliphatic heterocycles. The molecule has 1 N–H and O–H groups in total. The van der Waals surface area contributed by atoms with Gasteiger partial charge in [0, 0.05) is 10.2 Å². The predicted octanol–water partition coefficient (Wildman–Crippen LogP) is 6.14. The van der Waals surface area contributed by atoms with Crippen LogP contribution in [0.4, 0.5) is 5.69 Å². The van der Waals surface area contributed by atoms with Crippen molar-refractivity contribution in [1.29, 1.82) is 0 Å². The SMILES string of the molecule is CCC(Nc1cccc(C(C)C)c1)c1cccc(Br)c1. The van der Waals surface area contributed by atoms with Crippen LogP contribution in [0.5, 0.6) is 0 Å². The van der Waals surface area contributed by atoms with Gasteiger partial charge in [-0.3, -0.25) is 0 Å². The summed E-state index contributed by atoms with van der Waals surface area (Å²) in [5.74, 6) is 0.558. The van der Waals surface area contributed by atoms with Crippen molar-refractivity contribution in [1.82, 2.24) is 0 Å². The molecule has 20 heavy (non-hydrogen) atoms. The molecule has 0 spiro atoms. The molecule has 2 rings (SSSR count). The van der Waals surface area contributed by atoms with Crippen molar-refractivity contribution in [3.8, 4) is 0 Å². The highest BCUT2D eigenvalue weighted by Gasteiger charge is 2.10. The van der Waals surface area contributed by atoms with Gasteiger partial charge in [0.15, 0.2) is 0 Å². The Morgan fingerprint density at radius 2 is 1.70 bits per heavy atom. The lowest BCUT2D eigenvalue weighted by atomic mass is 10.0. The molecule has 0 bridgehead atoms. The minimum Gasteiger partial charge on any atom is -0.378 e. The Hall–Kier alpha value is -1.28. The van der Waals surface area contributed by atoms with Crippen molar-refractivity contribution >= 4 is 21.6 Å². The van der Waals surface area contributed by atoms with Gasteiger partial charge in [-0.05, 0) is 47.7 Å². The van der Waals surface area contributed by atoms with Crippen LogP contribution in [0.1, 0.15) is 50.3 Å². The van der Waals surface area contributed by atoms with Gasteiger partial charge in [-0.2, -0.15) is 0 Å². The second-order valence-corrected chi connectivity index (χ2v) is 6.36. The molecule has 0 aliphatic carbocycles. The molecule has 0 aliphatic rings. The summed E-state index contributed by atoms with van der Waals surface area (Å²) in [6, 6.07) is 17.6. The standard InChI is InChI=1S/C18H22BrN/c1-4-18(15-8-5-9-16(19)11-15)20-17-10-6-7-14(12-17)13(2)3/h5-13,18,20H,4H2,1-3H3. The highest BCUT2D eigenvalue weighted by atomic mass is 79.9. The van der Waals surface area contributed by atoms with Crippen LogP contribution >= 0.6 is 15.9 Å². The second kappa shape index (κ2) is 6.94. The maximum atomic E-state index is 3.65. The fraction of sp³-hybridized carbons (Fsp3) is 0.333. The molecule has 2 aromatic rings. The summed E-state index contributed by atoms with van der Waals surface area (Å²) in [4.78, 5) is 0. The van der Waals surface area contributed by atoms with Crippen LogP contribution in [-0.2, 0) is 0 Å². The van der Waals surface area contributed by atoms with E-state index < -0.39 is 0 Å². The minimum atomic E-state index is 0.343. The lowest BCUT2D eigenvalue weighted by Crippen LogP contribution is -2.09. The van der Waals surface area contributed by atoms with Crippen molar-refractivity contribution in [2.45, 2.75) is 39.2 Å². The third-order valence-corrected chi connectivity index (χ3v) is 4.05. The molecule has 2 aromatic carbocycles. The normalized spacial score (nSPS) is 12.4. The fourth-order valence-corrected chi connectivity index (χ4v) is 2.75. The summed E-state index contributed by atoms with van der Waals surface area (Å²) in [5.41, 5.74) is 3.89. The maximum Gasteiger partial charge on any atom is 0.0511 e. The highest BCUT2D eigenvalue weighted by Crippen LogP contribution is 2.26. The van der Waals surface area contributed by atoms with Crippen LogP contribution in [0.3, 0.4) is 0 Å². The summed E-state index contributed by atoms with van der Waals surface area (Å²) in [5, 5.41) is 3.65. The van der Waals surface area contributed by atoms with Gasteiger partial charge in [-0.25, -0.2) is 0 Å². The number of hydrogen-bond acceptors (Lipinski definition) is 1. The lowest BCUT2D eigenvalue weighted by Gasteiger charge is -2.20. The van der Waals surface area contributed by atoms with Gasteiger partial charge in [0.2, 0.25) is 0 Å². The molecule has 0 saturated heterocycles. The van der Waals surface area contributed by atoms with Gasteiger partial charge >= 0.3 is 0 Å². The van der Waals surface area contributed by atoms with E-state index in [1.54, 1.807) is 0 Å². The van der Waals surface area contributed by atoms with Crippen molar-refractivity contribution in [3.05, 3.63) is 64.1 Å². The van der Waals surface area contributed by atoms with Crippen LogP contribution < -0.4 is 5.32 Å². The zero-order valence-electron chi connectivity index (χ0n) is 12.4. The summed E-state index contributed by atoms with van der Waals surface area (Å²) in [6.45, 7) is 6.67. The molecule has 1 unspecified atom stereocenters. The smallest absolute Gasteiger partial charge is 0.0511 e. The van der Waals surface area contributed by atoms with Crippen molar-refractivity contribution in [2.75, 3.05) is 5.32 Å². The van der Waals surface area contributed by atoms with Crippen LogP contribution in [0.2, 0.25) is 0 Å². The van der Waals surface area contributed by atoms with Gasteiger partial charge in [0.1, 0.15) is 0 Å². The molecule has 106 valence electrons. The Bertz CT molecular complexity index is 563. The van der Waals surface area contributed by atoms with Gasteiger partial charge in [0.25, 0.3) is 0 Å². The highest BCUT2D eigenvalue weighted by molar-refractivity contribution is 9.10. The van der Waals surface area contributed by atoms with Crippen molar-refractivity contribution in [3.63, 3.8) is 0 Å². The molecular formula is C18H22BrN. The molecule has 1 atom stereocenters. The monoisotopic (exact) mass is 331 g/mol. The molecular weight excluding hydrogens is 310 g/mol. The fourth-order valence-electron chi connectivity index (χ4n) is 2.33.